The molecule has 0 saturated heterocycles. The van der Waals surface area contributed by atoms with Crippen LogP contribution < -0.4 is 10.6 Å². The molecule has 0 radical (unpaired) electrons. The molecule has 0 saturated carbocycles. The molecule has 168 valence electrons. The monoisotopic (exact) mass is 560 g/mol. The molecule has 10 nitrogen and oxygen atoms in total. The Hall–Kier alpha value is -3.92. The Morgan fingerprint density at radius 2 is 1.76 bits per heavy atom. The molecule has 1 aliphatic rings. The first kappa shape index (κ1) is 23.7. The van der Waals surface area contributed by atoms with Crippen LogP contribution in [0.2, 0.25) is 0 Å². The minimum Gasteiger partial charge on any atom is -0.466 e. The van der Waals surface area contributed by atoms with Crippen molar-refractivity contribution in [3.63, 3.8) is 0 Å². The maximum atomic E-state index is 13.0. The van der Waals surface area contributed by atoms with E-state index in [1.54, 1.807) is 36.4 Å². The van der Waals surface area contributed by atoms with E-state index in [1.807, 2.05) is 28.7 Å². The van der Waals surface area contributed by atoms with Crippen molar-refractivity contribution >= 4 is 45.9 Å². The largest absolute Gasteiger partial charge is 0.466 e. The number of hydrogen-bond acceptors (Lipinski definition) is 9. The smallest absolute Gasteiger partial charge is 0.355 e. The van der Waals surface area contributed by atoms with Crippen LogP contribution in [-0.4, -0.2) is 31.1 Å². The van der Waals surface area contributed by atoms with Gasteiger partial charge in [-0.25, -0.2) is 9.59 Å². The van der Waals surface area contributed by atoms with Gasteiger partial charge < -0.3 is 15.2 Å². The second-order valence-electron chi connectivity index (χ2n) is 6.70. The molecular formula is C22H17IN4O6. The van der Waals surface area contributed by atoms with E-state index < -0.39 is 22.8 Å². The second-order valence-corrected chi connectivity index (χ2v) is 7.86. The Morgan fingerprint density at radius 3 is 2.30 bits per heavy atom. The standard InChI is InChI=1S/C22H17IN4O6/c1-32-21(28)17-16(12-7-4-3-5-8-12)13(11-24)20(25)26(19(17)22(29)33-2)18-14(23)9-6-10-15(18)27(30)31/h3-10,16H,25H2,1-2H3. The highest BCUT2D eigenvalue weighted by Crippen LogP contribution is 2.46. The highest BCUT2D eigenvalue weighted by Gasteiger charge is 2.44. The van der Waals surface area contributed by atoms with E-state index in [-0.39, 0.29) is 34.0 Å². The number of benzene rings is 2. The number of nitriles is 1. The molecule has 2 N–H and O–H groups in total. The van der Waals surface area contributed by atoms with Crippen molar-refractivity contribution in [1.82, 2.24) is 0 Å². The SMILES string of the molecule is COC(=O)C1=C(C(=O)OC)N(c2c(I)cccc2[N+](=O)[O-])C(N)=C(C#N)C1c1ccccc1. The molecule has 1 heterocycles. The van der Waals surface area contributed by atoms with Gasteiger partial charge >= 0.3 is 11.9 Å². The Kier molecular flexibility index (Phi) is 6.98. The third-order valence-electron chi connectivity index (χ3n) is 5.00. The molecule has 2 aromatic rings. The van der Waals surface area contributed by atoms with Crippen LogP contribution in [0.5, 0.6) is 0 Å². The summed E-state index contributed by atoms with van der Waals surface area (Å²) in [7, 11) is 2.23. The van der Waals surface area contributed by atoms with Crippen molar-refractivity contribution in [1.29, 1.82) is 5.26 Å². The fourth-order valence-electron chi connectivity index (χ4n) is 3.62. The number of esters is 2. The number of methoxy groups -OCH3 is 2. The molecule has 0 aromatic heterocycles. The van der Waals surface area contributed by atoms with E-state index in [0.29, 0.717) is 9.13 Å². The van der Waals surface area contributed by atoms with Gasteiger partial charge in [-0.1, -0.05) is 36.4 Å². The van der Waals surface area contributed by atoms with Gasteiger partial charge in [-0.15, -0.1) is 0 Å². The zero-order chi connectivity index (χ0) is 24.3. The Balaban J connectivity index is 2.51. The normalized spacial score (nSPS) is 15.7. The summed E-state index contributed by atoms with van der Waals surface area (Å²) in [4.78, 5) is 38.2. The summed E-state index contributed by atoms with van der Waals surface area (Å²) in [5, 5.41) is 21.8. The van der Waals surface area contributed by atoms with Crippen molar-refractivity contribution in [2.24, 2.45) is 5.73 Å². The van der Waals surface area contributed by atoms with Crippen molar-refractivity contribution in [2.75, 3.05) is 19.1 Å². The zero-order valence-corrected chi connectivity index (χ0v) is 19.6. The average molecular weight is 560 g/mol. The maximum absolute atomic E-state index is 13.0. The zero-order valence-electron chi connectivity index (χ0n) is 17.4. The molecule has 1 atom stereocenters. The molecule has 0 fully saturated rings. The Labute approximate surface area is 202 Å². The van der Waals surface area contributed by atoms with E-state index in [0.717, 1.165) is 19.1 Å². The average Bonchev–Trinajstić information content (AvgIpc) is 2.82. The van der Waals surface area contributed by atoms with Gasteiger partial charge in [-0.05, 0) is 34.2 Å². The Morgan fingerprint density at radius 1 is 1.12 bits per heavy atom. The molecule has 0 bridgehead atoms. The summed E-state index contributed by atoms with van der Waals surface area (Å²) in [6.45, 7) is 0. The van der Waals surface area contributed by atoms with Crippen molar-refractivity contribution in [3.8, 4) is 6.07 Å². The first-order valence-electron chi connectivity index (χ1n) is 9.36. The van der Waals surface area contributed by atoms with E-state index in [2.05, 4.69) is 0 Å². The third-order valence-corrected chi connectivity index (χ3v) is 5.87. The lowest BCUT2D eigenvalue weighted by Crippen LogP contribution is -2.41. The summed E-state index contributed by atoms with van der Waals surface area (Å²) in [6.07, 6.45) is 0. The number of para-hydroxylation sites is 1. The van der Waals surface area contributed by atoms with Crippen molar-refractivity contribution in [2.45, 2.75) is 5.92 Å². The van der Waals surface area contributed by atoms with Gasteiger partial charge in [0.25, 0.3) is 5.69 Å². The number of rotatable bonds is 5. The van der Waals surface area contributed by atoms with Crippen LogP contribution in [0.4, 0.5) is 11.4 Å². The van der Waals surface area contributed by atoms with Gasteiger partial charge in [0, 0.05) is 9.64 Å². The summed E-state index contributed by atoms with van der Waals surface area (Å²) in [5.41, 5.74) is 5.73. The van der Waals surface area contributed by atoms with Crippen LogP contribution in [0.3, 0.4) is 0 Å². The number of halogens is 1. The number of hydrogen-bond donors (Lipinski definition) is 1. The number of nitrogens with two attached hydrogens (primary N) is 1. The number of nitro benzene ring substituents is 1. The lowest BCUT2D eigenvalue weighted by molar-refractivity contribution is -0.384. The van der Waals surface area contributed by atoms with Crippen LogP contribution in [0.1, 0.15) is 11.5 Å². The highest BCUT2D eigenvalue weighted by atomic mass is 127. The van der Waals surface area contributed by atoms with E-state index >= 15 is 0 Å². The molecule has 11 heteroatoms. The van der Waals surface area contributed by atoms with Crippen molar-refractivity contribution in [3.05, 3.63) is 90.4 Å². The Bertz CT molecular complexity index is 1250. The molecule has 0 aliphatic carbocycles. The predicted molar refractivity (Wildman–Crippen MR) is 125 cm³/mol. The van der Waals surface area contributed by atoms with Crippen LogP contribution >= 0.6 is 22.6 Å². The number of carbonyl (C=O) groups is 2. The molecular weight excluding hydrogens is 543 g/mol. The van der Waals surface area contributed by atoms with Crippen LogP contribution in [-0.2, 0) is 19.1 Å². The van der Waals surface area contributed by atoms with Crippen LogP contribution in [0.25, 0.3) is 0 Å². The molecule has 33 heavy (non-hydrogen) atoms. The topological polar surface area (TPSA) is 149 Å². The van der Waals surface area contributed by atoms with Gasteiger partial charge in [-0.2, -0.15) is 5.26 Å². The number of nitro groups is 1. The lowest BCUT2D eigenvalue weighted by Gasteiger charge is -2.35. The van der Waals surface area contributed by atoms with Gasteiger partial charge in [0.15, 0.2) is 0 Å². The molecule has 0 amide bonds. The summed E-state index contributed by atoms with van der Waals surface area (Å²) >= 11 is 1.85. The van der Waals surface area contributed by atoms with E-state index in [4.69, 9.17) is 15.2 Å². The predicted octanol–water partition coefficient (Wildman–Crippen LogP) is 3.10. The molecule has 3 rings (SSSR count). The molecule has 0 spiro atoms. The van der Waals surface area contributed by atoms with Gasteiger partial charge in [0.2, 0.25) is 0 Å². The van der Waals surface area contributed by atoms with Crippen molar-refractivity contribution < 1.29 is 24.0 Å². The van der Waals surface area contributed by atoms with Crippen LogP contribution in [0.15, 0.2) is 71.2 Å². The number of ether oxygens (including phenoxy) is 2. The van der Waals surface area contributed by atoms with E-state index in [9.17, 15) is 25.0 Å². The van der Waals surface area contributed by atoms with Gasteiger partial charge in [0.05, 0.1) is 42.3 Å². The third kappa shape index (κ3) is 4.12. The minimum absolute atomic E-state index is 0.0804. The number of allylic oxidation sites excluding steroid dienone is 1. The molecule has 1 aliphatic heterocycles. The molecule has 2 aromatic carbocycles. The fourth-order valence-corrected chi connectivity index (χ4v) is 4.34. The summed E-state index contributed by atoms with van der Waals surface area (Å²) < 4.78 is 10.2. The fraction of sp³-hybridized carbons (Fsp3) is 0.136. The highest BCUT2D eigenvalue weighted by molar-refractivity contribution is 14.1. The summed E-state index contributed by atoms with van der Waals surface area (Å²) in [5.74, 6) is -3.20. The number of nitrogens with zero attached hydrogens (tertiary/aromatic N) is 3. The summed E-state index contributed by atoms with van der Waals surface area (Å²) in [6, 6.07) is 14.7. The van der Waals surface area contributed by atoms with Gasteiger partial charge in [-0.3, -0.25) is 15.0 Å². The van der Waals surface area contributed by atoms with Crippen LogP contribution in [0, 0.1) is 25.0 Å². The van der Waals surface area contributed by atoms with E-state index in [1.165, 1.54) is 12.1 Å². The number of carbonyl (C=O) groups excluding carboxylic acids is 2. The number of anilines is 1. The first-order valence-corrected chi connectivity index (χ1v) is 10.4. The first-order chi connectivity index (χ1) is 15.8. The maximum Gasteiger partial charge on any atom is 0.355 e. The lowest BCUT2D eigenvalue weighted by atomic mass is 9.81. The second kappa shape index (κ2) is 9.70. The quantitative estimate of drug-likeness (QED) is 0.252. The minimum atomic E-state index is -1.06. The molecule has 1 unspecified atom stereocenters. The van der Waals surface area contributed by atoms with Gasteiger partial charge in [0.1, 0.15) is 17.2 Å².